The number of pyridine rings is 1. The van der Waals surface area contributed by atoms with Crippen LogP contribution in [-0.2, 0) is 15.7 Å². The van der Waals surface area contributed by atoms with Gasteiger partial charge in [0.1, 0.15) is 5.75 Å². The van der Waals surface area contributed by atoms with Gasteiger partial charge in [0.2, 0.25) is 0 Å². The topological polar surface area (TPSA) is 117 Å². The van der Waals surface area contributed by atoms with Gasteiger partial charge in [-0.1, -0.05) is 13.8 Å². The van der Waals surface area contributed by atoms with Crippen LogP contribution >= 0.6 is 7.82 Å². The van der Waals surface area contributed by atoms with E-state index in [1.165, 1.54) is 6.20 Å². The standard InChI is InChI=1S/C10H14NO6P/c1-6(2)9-10(13)8(4-12)7(3-11-9)5-17-18(14,15)16/h3-4,6,13H,5H2,1-2H3,(H2,14,15,16). The summed E-state index contributed by atoms with van der Waals surface area (Å²) in [5.41, 5.74) is 0.398. The van der Waals surface area contributed by atoms with E-state index >= 15 is 0 Å². The highest BCUT2D eigenvalue weighted by Gasteiger charge is 2.19. The maximum atomic E-state index is 10.9. The Morgan fingerprint density at radius 3 is 2.56 bits per heavy atom. The molecule has 0 bridgehead atoms. The lowest BCUT2D eigenvalue weighted by Crippen LogP contribution is -2.03. The number of aldehydes is 1. The van der Waals surface area contributed by atoms with Crippen molar-refractivity contribution in [3.8, 4) is 5.75 Å². The van der Waals surface area contributed by atoms with Crippen molar-refractivity contribution in [2.24, 2.45) is 0 Å². The highest BCUT2D eigenvalue weighted by Crippen LogP contribution is 2.38. The number of hydrogen-bond donors (Lipinski definition) is 3. The fraction of sp³-hybridized carbons (Fsp3) is 0.400. The first-order valence-corrected chi connectivity index (χ1v) is 6.65. The molecule has 0 aliphatic carbocycles. The number of phosphoric ester groups is 1. The van der Waals surface area contributed by atoms with E-state index in [0.717, 1.165) is 0 Å². The minimum Gasteiger partial charge on any atom is -0.505 e. The van der Waals surface area contributed by atoms with Crippen LogP contribution in [0.25, 0.3) is 0 Å². The summed E-state index contributed by atoms with van der Waals surface area (Å²) in [6.45, 7) is 3.09. The first kappa shape index (κ1) is 14.8. The molecule has 7 nitrogen and oxygen atoms in total. The second kappa shape index (κ2) is 5.58. The Labute approximate surface area is 104 Å². The maximum absolute atomic E-state index is 10.9. The largest absolute Gasteiger partial charge is 0.505 e. The monoisotopic (exact) mass is 275 g/mol. The number of aromatic nitrogens is 1. The predicted octanol–water partition coefficient (Wildman–Crippen LogP) is 1.33. The molecule has 0 saturated heterocycles. The van der Waals surface area contributed by atoms with Crippen molar-refractivity contribution in [3.05, 3.63) is 23.0 Å². The van der Waals surface area contributed by atoms with Crippen molar-refractivity contribution < 1.29 is 28.8 Å². The molecule has 0 amide bonds. The second-order valence-electron chi connectivity index (χ2n) is 3.97. The fourth-order valence-electron chi connectivity index (χ4n) is 1.39. The maximum Gasteiger partial charge on any atom is 0.469 e. The molecule has 18 heavy (non-hydrogen) atoms. The van der Waals surface area contributed by atoms with Crippen molar-refractivity contribution in [2.45, 2.75) is 26.4 Å². The van der Waals surface area contributed by atoms with Gasteiger partial charge in [0.25, 0.3) is 0 Å². The SMILES string of the molecule is CC(C)c1ncc(COP(=O)(O)O)c(C=O)c1O. The lowest BCUT2D eigenvalue weighted by atomic mass is 10.0. The summed E-state index contributed by atoms with van der Waals surface area (Å²) in [5.74, 6) is -0.368. The molecule has 1 rings (SSSR count). The predicted molar refractivity (Wildman–Crippen MR) is 62.2 cm³/mol. The van der Waals surface area contributed by atoms with Crippen molar-refractivity contribution in [3.63, 3.8) is 0 Å². The molecule has 0 radical (unpaired) electrons. The molecule has 1 heterocycles. The van der Waals surface area contributed by atoms with Crippen LogP contribution in [0.3, 0.4) is 0 Å². The highest BCUT2D eigenvalue weighted by atomic mass is 31.2. The van der Waals surface area contributed by atoms with Crippen molar-refractivity contribution in [1.29, 1.82) is 0 Å². The lowest BCUT2D eigenvalue weighted by Gasteiger charge is -2.12. The van der Waals surface area contributed by atoms with Gasteiger partial charge in [-0.25, -0.2) is 4.57 Å². The smallest absolute Gasteiger partial charge is 0.469 e. The second-order valence-corrected chi connectivity index (χ2v) is 5.21. The van der Waals surface area contributed by atoms with Gasteiger partial charge < -0.3 is 14.9 Å². The molecule has 100 valence electrons. The van der Waals surface area contributed by atoms with Crippen LogP contribution in [0, 0.1) is 0 Å². The van der Waals surface area contributed by atoms with Gasteiger partial charge in [-0.3, -0.25) is 14.3 Å². The Balaban J connectivity index is 3.11. The van der Waals surface area contributed by atoms with Gasteiger partial charge in [-0.2, -0.15) is 0 Å². The lowest BCUT2D eigenvalue weighted by molar-refractivity contribution is 0.111. The minimum atomic E-state index is -4.63. The number of phosphoric acid groups is 1. The molecule has 0 fully saturated rings. The summed E-state index contributed by atoms with van der Waals surface area (Å²) in [4.78, 5) is 32.0. The van der Waals surface area contributed by atoms with E-state index in [1.54, 1.807) is 13.8 Å². The van der Waals surface area contributed by atoms with Crippen LogP contribution in [0.15, 0.2) is 6.20 Å². The Hall–Kier alpha value is -1.27. The Morgan fingerprint density at radius 1 is 1.50 bits per heavy atom. The summed E-state index contributed by atoms with van der Waals surface area (Å²) in [7, 11) is -4.63. The number of aromatic hydroxyl groups is 1. The Bertz CT molecular complexity index is 495. The molecule has 8 heteroatoms. The Morgan fingerprint density at radius 2 is 2.11 bits per heavy atom. The molecule has 1 aromatic rings. The average Bonchev–Trinajstić information content (AvgIpc) is 2.24. The van der Waals surface area contributed by atoms with Gasteiger partial charge in [0.15, 0.2) is 6.29 Å². The molecule has 0 spiro atoms. The van der Waals surface area contributed by atoms with E-state index in [1.807, 2.05) is 0 Å². The van der Waals surface area contributed by atoms with Gasteiger partial charge in [-0.05, 0) is 5.92 Å². The van der Waals surface area contributed by atoms with Crippen LogP contribution < -0.4 is 0 Å². The van der Waals surface area contributed by atoms with E-state index in [9.17, 15) is 14.5 Å². The minimum absolute atomic E-state index is 0.0675. The normalized spacial score (nSPS) is 11.8. The summed E-state index contributed by atoms with van der Waals surface area (Å²) in [6, 6.07) is 0. The first-order chi connectivity index (χ1) is 8.26. The van der Waals surface area contributed by atoms with Crippen LogP contribution in [0.4, 0.5) is 0 Å². The number of rotatable bonds is 5. The number of carbonyl (C=O) groups excluding carboxylic acids is 1. The third kappa shape index (κ3) is 3.61. The van der Waals surface area contributed by atoms with Crippen molar-refractivity contribution >= 4 is 14.1 Å². The molecule has 3 N–H and O–H groups in total. The summed E-state index contributed by atoms with van der Waals surface area (Å²) in [6.07, 6.45) is 1.66. The molecule has 0 atom stereocenters. The van der Waals surface area contributed by atoms with Gasteiger partial charge in [-0.15, -0.1) is 0 Å². The van der Waals surface area contributed by atoms with Crippen LogP contribution in [0.5, 0.6) is 5.75 Å². The van der Waals surface area contributed by atoms with Crippen molar-refractivity contribution in [2.75, 3.05) is 0 Å². The van der Waals surface area contributed by atoms with E-state index in [2.05, 4.69) is 9.51 Å². The Kier molecular flexibility index (Phi) is 4.59. The molecule has 0 aliphatic heterocycles. The molecule has 0 unspecified atom stereocenters. The van der Waals surface area contributed by atoms with E-state index in [0.29, 0.717) is 12.0 Å². The zero-order valence-electron chi connectivity index (χ0n) is 9.90. The highest BCUT2D eigenvalue weighted by molar-refractivity contribution is 7.46. The zero-order valence-corrected chi connectivity index (χ0v) is 10.8. The summed E-state index contributed by atoms with van der Waals surface area (Å²) in [5, 5.41) is 9.83. The molecule has 1 aromatic heterocycles. The number of carbonyl (C=O) groups is 1. The van der Waals surface area contributed by atoms with E-state index in [-0.39, 0.29) is 22.8 Å². The number of hydrogen-bond acceptors (Lipinski definition) is 5. The van der Waals surface area contributed by atoms with Crippen LogP contribution in [-0.4, -0.2) is 26.2 Å². The molecule has 0 aromatic carbocycles. The quantitative estimate of drug-likeness (QED) is 0.548. The summed E-state index contributed by atoms with van der Waals surface area (Å²) >= 11 is 0. The average molecular weight is 275 g/mol. The van der Waals surface area contributed by atoms with Gasteiger partial charge in [0, 0.05) is 11.8 Å². The first-order valence-electron chi connectivity index (χ1n) is 5.12. The zero-order chi connectivity index (χ0) is 13.9. The van der Waals surface area contributed by atoms with Crippen LogP contribution in [0.2, 0.25) is 0 Å². The van der Waals surface area contributed by atoms with Gasteiger partial charge in [0.05, 0.1) is 17.9 Å². The third-order valence-electron chi connectivity index (χ3n) is 2.26. The van der Waals surface area contributed by atoms with Crippen LogP contribution in [0.1, 0.15) is 41.4 Å². The fourth-order valence-corrected chi connectivity index (χ4v) is 1.70. The van der Waals surface area contributed by atoms with Gasteiger partial charge >= 0.3 is 7.82 Å². The molecular weight excluding hydrogens is 261 g/mol. The molecule has 0 saturated carbocycles. The van der Waals surface area contributed by atoms with E-state index < -0.39 is 14.4 Å². The molecule has 0 aliphatic rings. The summed E-state index contributed by atoms with van der Waals surface area (Å²) < 4.78 is 14.8. The number of nitrogens with zero attached hydrogens (tertiary/aromatic N) is 1. The van der Waals surface area contributed by atoms with Crippen molar-refractivity contribution in [1.82, 2.24) is 4.98 Å². The van der Waals surface area contributed by atoms with E-state index in [4.69, 9.17) is 9.79 Å². The third-order valence-corrected chi connectivity index (χ3v) is 2.72. The molecular formula is C10H14NO6P.